The topological polar surface area (TPSA) is 105 Å². The molecular formula is C23H33N3O5. The maximum atomic E-state index is 12.7. The Labute approximate surface area is 183 Å². The van der Waals surface area contributed by atoms with Crippen molar-refractivity contribution in [3.8, 4) is 0 Å². The van der Waals surface area contributed by atoms with E-state index in [9.17, 15) is 19.2 Å². The van der Waals surface area contributed by atoms with Gasteiger partial charge >= 0.3 is 12.0 Å². The van der Waals surface area contributed by atoms with E-state index in [0.717, 1.165) is 16.9 Å². The molecule has 1 fully saturated rings. The van der Waals surface area contributed by atoms with Crippen molar-refractivity contribution in [1.29, 1.82) is 0 Å². The molecule has 8 nitrogen and oxygen atoms in total. The SMILES string of the molecule is CC(C)CC[C@]1(C)NC(=O)N(CC(=O)O[C@H](C)C(=O)Nc2ccc(C(C)C)cc2)C1=O. The van der Waals surface area contributed by atoms with Gasteiger partial charge in [-0.2, -0.15) is 0 Å². The molecule has 1 aliphatic heterocycles. The first-order valence-corrected chi connectivity index (χ1v) is 10.7. The summed E-state index contributed by atoms with van der Waals surface area (Å²) in [4.78, 5) is 50.4. The number of esters is 1. The number of amides is 4. The summed E-state index contributed by atoms with van der Waals surface area (Å²) in [7, 11) is 0. The molecule has 0 bridgehead atoms. The van der Waals surface area contributed by atoms with Gasteiger partial charge in [-0.1, -0.05) is 39.8 Å². The molecule has 4 amide bonds. The number of anilines is 1. The Morgan fingerprint density at radius 2 is 1.71 bits per heavy atom. The van der Waals surface area contributed by atoms with Crippen molar-refractivity contribution in [1.82, 2.24) is 10.2 Å². The van der Waals surface area contributed by atoms with Crippen LogP contribution in [0.1, 0.15) is 65.9 Å². The average Bonchev–Trinajstić information content (AvgIpc) is 2.90. The van der Waals surface area contributed by atoms with E-state index in [1.165, 1.54) is 6.92 Å². The summed E-state index contributed by atoms with van der Waals surface area (Å²) in [5, 5.41) is 5.35. The molecule has 31 heavy (non-hydrogen) atoms. The Balaban J connectivity index is 1.90. The lowest BCUT2D eigenvalue weighted by atomic mass is 9.92. The van der Waals surface area contributed by atoms with E-state index < -0.39 is 42.0 Å². The molecule has 2 atom stereocenters. The molecule has 2 N–H and O–H groups in total. The van der Waals surface area contributed by atoms with Gasteiger partial charge in [-0.25, -0.2) is 4.79 Å². The molecule has 1 aliphatic rings. The normalized spacial score (nSPS) is 19.5. The number of urea groups is 1. The number of rotatable bonds is 9. The highest BCUT2D eigenvalue weighted by molar-refractivity contribution is 6.08. The zero-order valence-electron chi connectivity index (χ0n) is 19.2. The first kappa shape index (κ1) is 24.4. The molecule has 1 saturated heterocycles. The quantitative estimate of drug-likeness (QED) is 0.460. The molecule has 1 heterocycles. The Kier molecular flexibility index (Phi) is 7.81. The third-order valence-electron chi connectivity index (χ3n) is 5.38. The minimum absolute atomic E-state index is 0.376. The maximum Gasteiger partial charge on any atom is 0.327 e. The highest BCUT2D eigenvalue weighted by atomic mass is 16.5. The molecule has 0 aromatic heterocycles. The van der Waals surface area contributed by atoms with E-state index in [2.05, 4.69) is 24.5 Å². The average molecular weight is 432 g/mol. The van der Waals surface area contributed by atoms with Gasteiger partial charge in [0.1, 0.15) is 12.1 Å². The summed E-state index contributed by atoms with van der Waals surface area (Å²) in [5.74, 6) is -1.03. The van der Waals surface area contributed by atoms with Gasteiger partial charge < -0.3 is 15.4 Å². The van der Waals surface area contributed by atoms with Gasteiger partial charge in [-0.15, -0.1) is 0 Å². The zero-order valence-corrected chi connectivity index (χ0v) is 19.2. The first-order valence-electron chi connectivity index (χ1n) is 10.7. The summed E-state index contributed by atoms with van der Waals surface area (Å²) in [6, 6.07) is 6.78. The van der Waals surface area contributed by atoms with Crippen LogP contribution in [0.4, 0.5) is 10.5 Å². The Morgan fingerprint density at radius 3 is 2.26 bits per heavy atom. The van der Waals surface area contributed by atoms with Gasteiger partial charge in [0.05, 0.1) is 0 Å². The van der Waals surface area contributed by atoms with Gasteiger partial charge in [-0.05, 0) is 56.2 Å². The van der Waals surface area contributed by atoms with Crippen molar-refractivity contribution >= 4 is 29.5 Å². The van der Waals surface area contributed by atoms with E-state index in [0.29, 0.717) is 23.9 Å². The summed E-state index contributed by atoms with van der Waals surface area (Å²) >= 11 is 0. The molecule has 1 aromatic carbocycles. The second kappa shape index (κ2) is 9.94. The first-order chi connectivity index (χ1) is 14.4. The second-order valence-electron chi connectivity index (χ2n) is 8.98. The van der Waals surface area contributed by atoms with Gasteiger partial charge in [0, 0.05) is 5.69 Å². The number of hydrogen-bond acceptors (Lipinski definition) is 5. The van der Waals surface area contributed by atoms with E-state index in [-0.39, 0.29) is 0 Å². The summed E-state index contributed by atoms with van der Waals surface area (Å²) in [5.41, 5.74) is 0.700. The van der Waals surface area contributed by atoms with Crippen LogP contribution in [-0.2, 0) is 19.1 Å². The lowest BCUT2D eigenvalue weighted by Gasteiger charge is -2.22. The molecule has 0 saturated carbocycles. The molecule has 8 heteroatoms. The van der Waals surface area contributed by atoms with E-state index in [1.807, 2.05) is 26.0 Å². The fraction of sp³-hybridized carbons (Fsp3) is 0.565. The predicted molar refractivity (Wildman–Crippen MR) is 117 cm³/mol. The van der Waals surface area contributed by atoms with Crippen molar-refractivity contribution in [3.63, 3.8) is 0 Å². The van der Waals surface area contributed by atoms with Crippen molar-refractivity contribution in [3.05, 3.63) is 29.8 Å². The van der Waals surface area contributed by atoms with Gasteiger partial charge in [0.2, 0.25) is 0 Å². The van der Waals surface area contributed by atoms with Crippen LogP contribution in [0, 0.1) is 5.92 Å². The van der Waals surface area contributed by atoms with Crippen molar-refractivity contribution in [2.75, 3.05) is 11.9 Å². The third kappa shape index (κ3) is 6.29. The number of imide groups is 1. The van der Waals surface area contributed by atoms with Crippen LogP contribution in [-0.4, -0.2) is 46.9 Å². The van der Waals surface area contributed by atoms with Gasteiger partial charge in [0.25, 0.3) is 11.8 Å². The van der Waals surface area contributed by atoms with E-state index in [1.54, 1.807) is 19.1 Å². The highest BCUT2D eigenvalue weighted by Gasteiger charge is 2.48. The monoisotopic (exact) mass is 431 g/mol. The predicted octanol–water partition coefficient (Wildman–Crippen LogP) is 3.43. The number of nitrogens with zero attached hydrogens (tertiary/aromatic N) is 1. The number of ether oxygens (including phenoxy) is 1. The summed E-state index contributed by atoms with van der Waals surface area (Å²) < 4.78 is 5.15. The van der Waals surface area contributed by atoms with Crippen LogP contribution in [0.3, 0.4) is 0 Å². The Morgan fingerprint density at radius 1 is 1.10 bits per heavy atom. The standard InChI is InChI=1S/C23H33N3O5/c1-14(2)11-12-23(6)21(29)26(22(30)25-23)13-19(27)31-16(5)20(28)24-18-9-7-17(8-10-18)15(3)4/h7-10,14-16H,11-13H2,1-6H3,(H,24,28)(H,25,30)/t16-,23+/m1/s1. The molecule has 0 aliphatic carbocycles. The second-order valence-corrected chi connectivity index (χ2v) is 8.98. The molecule has 0 unspecified atom stereocenters. The minimum atomic E-state index is -1.08. The number of hydrogen-bond donors (Lipinski definition) is 2. The summed E-state index contributed by atoms with van der Waals surface area (Å²) in [6.07, 6.45) is 0.163. The number of carbonyl (C=O) groups is 4. The fourth-order valence-corrected chi connectivity index (χ4v) is 3.25. The van der Waals surface area contributed by atoms with Crippen LogP contribution < -0.4 is 10.6 Å². The van der Waals surface area contributed by atoms with Crippen LogP contribution in [0.2, 0.25) is 0 Å². The number of carbonyl (C=O) groups excluding carboxylic acids is 4. The Bertz CT molecular complexity index is 834. The molecule has 0 spiro atoms. The fourth-order valence-electron chi connectivity index (χ4n) is 3.25. The van der Waals surface area contributed by atoms with Crippen LogP contribution in [0.5, 0.6) is 0 Å². The van der Waals surface area contributed by atoms with Gasteiger partial charge in [-0.3, -0.25) is 19.3 Å². The van der Waals surface area contributed by atoms with E-state index >= 15 is 0 Å². The lowest BCUT2D eigenvalue weighted by Crippen LogP contribution is -2.44. The number of nitrogens with one attached hydrogen (secondary N) is 2. The van der Waals surface area contributed by atoms with Crippen LogP contribution in [0.25, 0.3) is 0 Å². The lowest BCUT2D eigenvalue weighted by molar-refractivity contribution is -0.155. The zero-order chi connectivity index (χ0) is 23.3. The van der Waals surface area contributed by atoms with Crippen molar-refractivity contribution in [2.45, 2.75) is 71.9 Å². The maximum absolute atomic E-state index is 12.7. The third-order valence-corrected chi connectivity index (χ3v) is 5.38. The molecular weight excluding hydrogens is 398 g/mol. The van der Waals surface area contributed by atoms with Crippen LogP contribution in [0.15, 0.2) is 24.3 Å². The van der Waals surface area contributed by atoms with Crippen molar-refractivity contribution in [2.24, 2.45) is 5.92 Å². The van der Waals surface area contributed by atoms with Gasteiger partial charge in [0.15, 0.2) is 6.10 Å². The van der Waals surface area contributed by atoms with E-state index in [4.69, 9.17) is 4.74 Å². The Hall–Kier alpha value is -2.90. The molecule has 2 rings (SSSR count). The minimum Gasteiger partial charge on any atom is -0.451 e. The molecule has 1 aromatic rings. The molecule has 0 radical (unpaired) electrons. The highest BCUT2D eigenvalue weighted by Crippen LogP contribution is 2.24. The van der Waals surface area contributed by atoms with Crippen LogP contribution >= 0.6 is 0 Å². The summed E-state index contributed by atoms with van der Waals surface area (Å²) in [6.45, 7) is 10.8. The molecule has 170 valence electrons. The smallest absolute Gasteiger partial charge is 0.327 e. The number of benzene rings is 1. The van der Waals surface area contributed by atoms with Crippen molar-refractivity contribution < 1.29 is 23.9 Å². The largest absolute Gasteiger partial charge is 0.451 e.